The van der Waals surface area contributed by atoms with E-state index in [1.54, 1.807) is 0 Å². The van der Waals surface area contributed by atoms with Gasteiger partial charge in [0.1, 0.15) is 0 Å². The minimum absolute atomic E-state index is 0.330. The molecule has 3 heteroatoms. The summed E-state index contributed by atoms with van der Waals surface area (Å²) in [6, 6.07) is 14.7. The molecule has 0 radical (unpaired) electrons. The average molecular weight is 325 g/mol. The summed E-state index contributed by atoms with van der Waals surface area (Å²) in [6.45, 7) is 5.58. The van der Waals surface area contributed by atoms with Gasteiger partial charge >= 0.3 is 0 Å². The first kappa shape index (κ1) is 16.7. The van der Waals surface area contributed by atoms with E-state index in [1.807, 2.05) is 13.0 Å². The lowest BCUT2D eigenvalue weighted by atomic mass is 10.1. The summed E-state index contributed by atoms with van der Waals surface area (Å²) in [5.41, 5.74) is 3.63. The third kappa shape index (κ3) is 4.44. The van der Waals surface area contributed by atoms with Gasteiger partial charge in [-0.1, -0.05) is 29.8 Å². The van der Waals surface area contributed by atoms with Crippen LogP contribution in [-0.2, 0) is 6.54 Å². The van der Waals surface area contributed by atoms with E-state index < -0.39 is 0 Å². The summed E-state index contributed by atoms with van der Waals surface area (Å²) in [7, 11) is 0. The Bertz CT molecular complexity index is 663. The van der Waals surface area contributed by atoms with Crippen molar-refractivity contribution in [1.29, 1.82) is 0 Å². The van der Waals surface area contributed by atoms with E-state index in [2.05, 4.69) is 48.6 Å². The van der Waals surface area contributed by atoms with Crippen molar-refractivity contribution < 1.29 is 9.47 Å². The van der Waals surface area contributed by atoms with Gasteiger partial charge in [-0.2, -0.15) is 0 Å². The quantitative estimate of drug-likeness (QED) is 0.746. The zero-order chi connectivity index (χ0) is 16.8. The second-order valence-corrected chi connectivity index (χ2v) is 6.46. The molecule has 1 N–H and O–H groups in total. The van der Waals surface area contributed by atoms with Crippen molar-refractivity contribution in [3.63, 3.8) is 0 Å². The Morgan fingerprint density at radius 3 is 2.62 bits per heavy atom. The Kier molecular flexibility index (Phi) is 5.63. The van der Waals surface area contributed by atoms with Crippen molar-refractivity contribution in [3.05, 3.63) is 53.6 Å². The van der Waals surface area contributed by atoms with Crippen LogP contribution in [0.25, 0.3) is 0 Å². The molecular weight excluding hydrogens is 298 g/mol. The third-order valence-electron chi connectivity index (χ3n) is 4.42. The highest BCUT2D eigenvalue weighted by Crippen LogP contribution is 2.34. The fourth-order valence-electron chi connectivity index (χ4n) is 3.20. The van der Waals surface area contributed by atoms with E-state index in [0.717, 1.165) is 36.6 Å². The van der Waals surface area contributed by atoms with Crippen LogP contribution in [0.2, 0.25) is 0 Å². The second-order valence-electron chi connectivity index (χ2n) is 6.46. The van der Waals surface area contributed by atoms with Crippen LogP contribution < -0.4 is 14.8 Å². The number of anilines is 1. The van der Waals surface area contributed by atoms with Gasteiger partial charge in [0.25, 0.3) is 0 Å². The predicted molar refractivity (Wildman–Crippen MR) is 99.0 cm³/mol. The number of ether oxygens (including phenoxy) is 2. The summed E-state index contributed by atoms with van der Waals surface area (Å²) in [5, 5.41) is 3.49. The Morgan fingerprint density at radius 2 is 1.88 bits per heavy atom. The summed E-state index contributed by atoms with van der Waals surface area (Å²) < 4.78 is 11.9. The number of rotatable bonds is 7. The van der Waals surface area contributed by atoms with Crippen LogP contribution in [0, 0.1) is 6.92 Å². The van der Waals surface area contributed by atoms with Crippen LogP contribution in [0.4, 0.5) is 5.69 Å². The monoisotopic (exact) mass is 325 g/mol. The van der Waals surface area contributed by atoms with Gasteiger partial charge in [0.2, 0.25) is 0 Å². The average Bonchev–Trinajstić information content (AvgIpc) is 3.08. The number of hydrogen-bond donors (Lipinski definition) is 1. The molecule has 1 aliphatic rings. The summed E-state index contributed by atoms with van der Waals surface area (Å²) in [5.74, 6) is 1.70. The molecule has 2 aromatic carbocycles. The van der Waals surface area contributed by atoms with Crippen LogP contribution in [0.15, 0.2) is 42.5 Å². The van der Waals surface area contributed by atoms with Crippen molar-refractivity contribution in [1.82, 2.24) is 0 Å². The van der Waals surface area contributed by atoms with Gasteiger partial charge in [-0.05, 0) is 57.2 Å². The van der Waals surface area contributed by atoms with Gasteiger partial charge in [0, 0.05) is 18.3 Å². The van der Waals surface area contributed by atoms with E-state index in [1.165, 1.54) is 24.0 Å². The number of hydrogen-bond acceptors (Lipinski definition) is 3. The molecule has 3 rings (SSSR count). The minimum Gasteiger partial charge on any atom is -0.490 e. The molecule has 128 valence electrons. The molecule has 3 nitrogen and oxygen atoms in total. The van der Waals surface area contributed by atoms with Crippen molar-refractivity contribution in [2.75, 3.05) is 11.9 Å². The lowest BCUT2D eigenvalue weighted by molar-refractivity contribution is 0.197. The molecule has 0 aliphatic heterocycles. The Morgan fingerprint density at radius 1 is 1.04 bits per heavy atom. The SMILES string of the molecule is CCOc1ccc(NCc2cccc(C)c2)cc1OC1CCCC1. The van der Waals surface area contributed by atoms with E-state index in [4.69, 9.17) is 9.47 Å². The largest absolute Gasteiger partial charge is 0.490 e. The van der Waals surface area contributed by atoms with E-state index in [-0.39, 0.29) is 0 Å². The summed E-state index contributed by atoms with van der Waals surface area (Å²) >= 11 is 0. The molecule has 0 spiro atoms. The molecule has 0 aromatic heterocycles. The Balaban J connectivity index is 1.70. The van der Waals surface area contributed by atoms with Crippen LogP contribution in [-0.4, -0.2) is 12.7 Å². The minimum atomic E-state index is 0.330. The molecule has 0 bridgehead atoms. The molecule has 1 fully saturated rings. The van der Waals surface area contributed by atoms with Crippen molar-refractivity contribution in [2.45, 2.75) is 52.2 Å². The maximum Gasteiger partial charge on any atom is 0.163 e. The summed E-state index contributed by atoms with van der Waals surface area (Å²) in [4.78, 5) is 0. The number of benzene rings is 2. The molecule has 2 aromatic rings. The van der Waals surface area contributed by atoms with Crippen LogP contribution in [0.1, 0.15) is 43.7 Å². The van der Waals surface area contributed by atoms with Crippen molar-refractivity contribution >= 4 is 5.69 Å². The molecule has 0 unspecified atom stereocenters. The van der Waals surface area contributed by atoms with E-state index in [9.17, 15) is 0 Å². The van der Waals surface area contributed by atoms with Gasteiger partial charge in [-0.25, -0.2) is 0 Å². The normalized spacial score (nSPS) is 14.6. The Labute approximate surface area is 145 Å². The first-order chi connectivity index (χ1) is 11.7. The maximum atomic E-state index is 6.21. The van der Waals surface area contributed by atoms with Crippen molar-refractivity contribution in [2.24, 2.45) is 0 Å². The molecule has 0 atom stereocenters. The Hall–Kier alpha value is -2.16. The van der Waals surface area contributed by atoms with Gasteiger partial charge in [-0.15, -0.1) is 0 Å². The van der Waals surface area contributed by atoms with Gasteiger partial charge in [0.05, 0.1) is 12.7 Å². The number of aryl methyl sites for hydroxylation is 1. The second kappa shape index (κ2) is 8.09. The van der Waals surface area contributed by atoms with E-state index in [0.29, 0.717) is 12.7 Å². The predicted octanol–water partition coefficient (Wildman–Crippen LogP) is 5.33. The molecule has 1 saturated carbocycles. The highest BCUT2D eigenvalue weighted by atomic mass is 16.5. The molecule has 0 heterocycles. The first-order valence-electron chi connectivity index (χ1n) is 8.97. The van der Waals surface area contributed by atoms with Crippen LogP contribution >= 0.6 is 0 Å². The smallest absolute Gasteiger partial charge is 0.163 e. The topological polar surface area (TPSA) is 30.5 Å². The zero-order valence-corrected chi connectivity index (χ0v) is 14.7. The fraction of sp³-hybridized carbons (Fsp3) is 0.429. The van der Waals surface area contributed by atoms with Crippen molar-refractivity contribution in [3.8, 4) is 11.5 Å². The van der Waals surface area contributed by atoms with Gasteiger partial charge < -0.3 is 14.8 Å². The number of nitrogens with one attached hydrogen (secondary N) is 1. The van der Waals surface area contributed by atoms with Gasteiger partial charge in [-0.3, -0.25) is 0 Å². The highest BCUT2D eigenvalue weighted by molar-refractivity contribution is 5.55. The van der Waals surface area contributed by atoms with E-state index >= 15 is 0 Å². The lowest BCUT2D eigenvalue weighted by Crippen LogP contribution is -2.12. The standard InChI is InChI=1S/C21H27NO2/c1-3-23-20-12-11-18(14-21(20)24-19-9-4-5-10-19)22-15-17-8-6-7-16(2)13-17/h6-8,11-14,19,22H,3-5,9-10,15H2,1-2H3. The highest BCUT2D eigenvalue weighted by Gasteiger charge is 2.18. The van der Waals surface area contributed by atoms with Crippen LogP contribution in [0.3, 0.4) is 0 Å². The fourth-order valence-corrected chi connectivity index (χ4v) is 3.20. The summed E-state index contributed by atoms with van der Waals surface area (Å²) in [6.07, 6.45) is 5.15. The maximum absolute atomic E-state index is 6.21. The lowest BCUT2D eigenvalue weighted by Gasteiger charge is -2.18. The molecule has 24 heavy (non-hydrogen) atoms. The molecule has 0 saturated heterocycles. The molecular formula is C21H27NO2. The zero-order valence-electron chi connectivity index (χ0n) is 14.7. The van der Waals surface area contributed by atoms with Crippen LogP contribution in [0.5, 0.6) is 11.5 Å². The first-order valence-corrected chi connectivity index (χ1v) is 8.97. The third-order valence-corrected chi connectivity index (χ3v) is 4.42. The molecule has 1 aliphatic carbocycles. The van der Waals surface area contributed by atoms with Gasteiger partial charge in [0.15, 0.2) is 11.5 Å². The molecule has 0 amide bonds.